The number of carboxylic acid groups (broad SMARTS) is 2. The summed E-state index contributed by atoms with van der Waals surface area (Å²) >= 11 is 0. The number of carboxylic acids is 2. The van der Waals surface area contributed by atoms with Crippen LogP contribution in [-0.4, -0.2) is 77.1 Å². The minimum absolute atomic E-state index is 0.128. The number of carbonyl (C=O) groups excluding carboxylic acids is 3. The van der Waals surface area contributed by atoms with Crippen molar-refractivity contribution < 1.29 is 34.2 Å². The Hall–Kier alpha value is -2.77. The third-order valence-electron chi connectivity index (χ3n) is 5.48. The number of hydrogen-bond acceptors (Lipinski definition) is 8. The lowest BCUT2D eigenvalue weighted by Crippen LogP contribution is -2.57. The fraction of sp³-hybridized carbons (Fsp3) is 0.783. The molecule has 3 amide bonds. The van der Waals surface area contributed by atoms with Crippen molar-refractivity contribution in [1.29, 1.82) is 0 Å². The van der Waals surface area contributed by atoms with E-state index >= 15 is 0 Å². The summed E-state index contributed by atoms with van der Waals surface area (Å²) in [4.78, 5) is 61.1. The molecule has 0 aliphatic rings. The standard InChI is InChI=1S/C23H44N6O7/c1-14(2)13-15(26)20(32)27-16(7-3-5-11-24)21(33)28-17(9-10-19(30)31)22(34)29-18(23(35)36)8-4-6-12-25/h14-18H,3-13,24-26H2,1-2H3,(H,27,32)(H,28,33)(H,29,34)(H,30,31)(H,35,36). The van der Waals surface area contributed by atoms with E-state index < -0.39 is 60.2 Å². The minimum atomic E-state index is -1.32. The molecule has 4 unspecified atom stereocenters. The molecule has 36 heavy (non-hydrogen) atoms. The van der Waals surface area contributed by atoms with Crippen LogP contribution in [0.3, 0.4) is 0 Å². The average Bonchev–Trinajstić information content (AvgIpc) is 2.79. The summed E-state index contributed by atoms with van der Waals surface area (Å²) in [5, 5.41) is 26.0. The molecular weight excluding hydrogens is 472 g/mol. The van der Waals surface area contributed by atoms with E-state index in [2.05, 4.69) is 16.0 Å². The number of carbonyl (C=O) groups is 5. The number of aliphatic carboxylic acids is 2. The maximum atomic E-state index is 13.1. The summed E-state index contributed by atoms with van der Waals surface area (Å²) in [6.45, 7) is 4.57. The lowest BCUT2D eigenvalue weighted by atomic mass is 10.0. The largest absolute Gasteiger partial charge is 0.481 e. The Morgan fingerprint density at radius 3 is 1.58 bits per heavy atom. The summed E-state index contributed by atoms with van der Waals surface area (Å²) < 4.78 is 0. The molecule has 0 heterocycles. The molecule has 0 aromatic rings. The van der Waals surface area contributed by atoms with Crippen LogP contribution in [-0.2, 0) is 24.0 Å². The van der Waals surface area contributed by atoms with Crippen molar-refractivity contribution >= 4 is 29.7 Å². The normalized spacial score (nSPS) is 14.4. The number of rotatable bonds is 20. The number of hydrogen-bond donors (Lipinski definition) is 8. The van der Waals surface area contributed by atoms with Crippen LogP contribution >= 0.6 is 0 Å². The second-order valence-electron chi connectivity index (χ2n) is 9.26. The number of amides is 3. The third kappa shape index (κ3) is 14.6. The molecular formula is C23H44N6O7. The van der Waals surface area contributed by atoms with Gasteiger partial charge in [-0.2, -0.15) is 0 Å². The van der Waals surface area contributed by atoms with Gasteiger partial charge < -0.3 is 43.4 Å². The molecule has 0 saturated heterocycles. The first-order valence-electron chi connectivity index (χ1n) is 12.4. The maximum Gasteiger partial charge on any atom is 0.326 e. The highest BCUT2D eigenvalue weighted by atomic mass is 16.4. The highest BCUT2D eigenvalue weighted by Crippen LogP contribution is 2.08. The van der Waals surface area contributed by atoms with Crippen molar-refractivity contribution in [3.8, 4) is 0 Å². The third-order valence-corrected chi connectivity index (χ3v) is 5.48. The van der Waals surface area contributed by atoms with Crippen LogP contribution in [0.5, 0.6) is 0 Å². The van der Waals surface area contributed by atoms with E-state index in [4.69, 9.17) is 22.3 Å². The van der Waals surface area contributed by atoms with Crippen LogP contribution in [0.25, 0.3) is 0 Å². The minimum Gasteiger partial charge on any atom is -0.481 e. The van der Waals surface area contributed by atoms with Gasteiger partial charge in [-0.25, -0.2) is 4.79 Å². The zero-order valence-corrected chi connectivity index (χ0v) is 21.3. The van der Waals surface area contributed by atoms with Crippen molar-refractivity contribution in [3.05, 3.63) is 0 Å². The average molecular weight is 517 g/mol. The molecule has 13 heteroatoms. The first kappa shape index (κ1) is 33.2. The van der Waals surface area contributed by atoms with Crippen molar-refractivity contribution in [2.45, 2.75) is 95.8 Å². The topological polar surface area (TPSA) is 240 Å². The monoisotopic (exact) mass is 516 g/mol. The predicted molar refractivity (Wildman–Crippen MR) is 134 cm³/mol. The Morgan fingerprint density at radius 2 is 1.14 bits per heavy atom. The zero-order chi connectivity index (χ0) is 27.7. The van der Waals surface area contributed by atoms with Gasteiger partial charge in [0.05, 0.1) is 6.04 Å². The quantitative estimate of drug-likeness (QED) is 0.0919. The van der Waals surface area contributed by atoms with Gasteiger partial charge >= 0.3 is 11.9 Å². The van der Waals surface area contributed by atoms with E-state index in [0.29, 0.717) is 45.2 Å². The van der Waals surface area contributed by atoms with Crippen LogP contribution in [0.2, 0.25) is 0 Å². The van der Waals surface area contributed by atoms with Gasteiger partial charge in [-0.3, -0.25) is 19.2 Å². The fourth-order valence-electron chi connectivity index (χ4n) is 3.49. The molecule has 0 spiro atoms. The smallest absolute Gasteiger partial charge is 0.326 e. The van der Waals surface area contributed by atoms with Crippen molar-refractivity contribution in [2.24, 2.45) is 23.1 Å². The highest BCUT2D eigenvalue weighted by molar-refractivity contribution is 5.94. The molecule has 13 nitrogen and oxygen atoms in total. The molecule has 0 aromatic heterocycles. The van der Waals surface area contributed by atoms with E-state index in [1.807, 2.05) is 13.8 Å². The summed E-state index contributed by atoms with van der Waals surface area (Å²) in [5.74, 6) is -4.33. The number of nitrogens with one attached hydrogen (secondary N) is 3. The van der Waals surface area contributed by atoms with Crippen LogP contribution in [0, 0.1) is 5.92 Å². The van der Waals surface area contributed by atoms with E-state index in [0.717, 1.165) is 0 Å². The Kier molecular flexibility index (Phi) is 17.1. The molecule has 0 aromatic carbocycles. The molecule has 0 bridgehead atoms. The Bertz CT molecular complexity index is 719. The lowest BCUT2D eigenvalue weighted by Gasteiger charge is -2.25. The van der Waals surface area contributed by atoms with Gasteiger partial charge in [0.25, 0.3) is 0 Å². The molecule has 0 aliphatic carbocycles. The van der Waals surface area contributed by atoms with Gasteiger partial charge in [-0.05, 0) is 70.4 Å². The number of nitrogens with two attached hydrogens (primary N) is 3. The summed E-state index contributed by atoms with van der Waals surface area (Å²) in [6, 6.07) is -4.39. The second kappa shape index (κ2) is 18.5. The van der Waals surface area contributed by atoms with E-state index in [9.17, 15) is 29.1 Å². The van der Waals surface area contributed by atoms with E-state index in [1.54, 1.807) is 0 Å². The Labute approximate surface area is 212 Å². The van der Waals surface area contributed by atoms with Gasteiger partial charge in [-0.15, -0.1) is 0 Å². The molecule has 0 fully saturated rings. The van der Waals surface area contributed by atoms with Crippen molar-refractivity contribution in [3.63, 3.8) is 0 Å². The Balaban J connectivity index is 5.53. The van der Waals surface area contributed by atoms with Gasteiger partial charge in [0, 0.05) is 6.42 Å². The summed E-state index contributed by atoms with van der Waals surface area (Å²) in [5.41, 5.74) is 16.9. The molecule has 0 aliphatic heterocycles. The molecule has 208 valence electrons. The summed E-state index contributed by atoms with van der Waals surface area (Å²) in [7, 11) is 0. The number of unbranched alkanes of at least 4 members (excludes halogenated alkanes) is 2. The lowest BCUT2D eigenvalue weighted by molar-refractivity contribution is -0.143. The molecule has 4 atom stereocenters. The molecule has 0 radical (unpaired) electrons. The van der Waals surface area contributed by atoms with Crippen molar-refractivity contribution in [2.75, 3.05) is 13.1 Å². The van der Waals surface area contributed by atoms with Gasteiger partial charge in [0.15, 0.2) is 0 Å². The maximum absolute atomic E-state index is 13.1. The van der Waals surface area contributed by atoms with Gasteiger partial charge in [0.1, 0.15) is 18.1 Å². The van der Waals surface area contributed by atoms with Crippen LogP contribution in [0.1, 0.15) is 71.6 Å². The van der Waals surface area contributed by atoms with Crippen LogP contribution < -0.4 is 33.2 Å². The highest BCUT2D eigenvalue weighted by Gasteiger charge is 2.30. The van der Waals surface area contributed by atoms with Crippen LogP contribution in [0.4, 0.5) is 0 Å². The second-order valence-corrected chi connectivity index (χ2v) is 9.26. The van der Waals surface area contributed by atoms with Gasteiger partial charge in [-0.1, -0.05) is 13.8 Å². The summed E-state index contributed by atoms with van der Waals surface area (Å²) in [6.07, 6.45) is 2.22. The SMILES string of the molecule is CC(C)CC(N)C(=O)NC(CCCCN)C(=O)NC(CCC(=O)O)C(=O)NC(CCCCN)C(=O)O. The Morgan fingerprint density at radius 1 is 0.694 bits per heavy atom. The molecule has 0 rings (SSSR count). The first-order chi connectivity index (χ1) is 16.9. The molecule has 11 N–H and O–H groups in total. The van der Waals surface area contributed by atoms with Crippen molar-refractivity contribution in [1.82, 2.24) is 16.0 Å². The first-order valence-corrected chi connectivity index (χ1v) is 12.4. The predicted octanol–water partition coefficient (Wildman–Crippen LogP) is -0.978. The van der Waals surface area contributed by atoms with E-state index in [-0.39, 0.29) is 25.2 Å². The fourth-order valence-corrected chi connectivity index (χ4v) is 3.49. The van der Waals surface area contributed by atoms with E-state index in [1.165, 1.54) is 0 Å². The van der Waals surface area contributed by atoms with Crippen LogP contribution in [0.15, 0.2) is 0 Å². The van der Waals surface area contributed by atoms with Gasteiger partial charge in [0.2, 0.25) is 17.7 Å². The molecule has 0 saturated carbocycles. The zero-order valence-electron chi connectivity index (χ0n) is 21.3.